The van der Waals surface area contributed by atoms with E-state index >= 15 is 0 Å². The molecule has 0 aromatic carbocycles. The minimum Gasteiger partial charge on any atom is -0.457 e. The van der Waals surface area contributed by atoms with Gasteiger partial charge in [0, 0.05) is 13.0 Å². The third-order valence-electron chi connectivity index (χ3n) is 9.32. The highest BCUT2D eigenvalue weighted by Gasteiger charge is 2.44. The normalized spacial score (nSPS) is 21.7. The first-order valence-electron chi connectivity index (χ1n) is 20.6. The van der Waals surface area contributed by atoms with Crippen LogP contribution in [0.1, 0.15) is 162 Å². The van der Waals surface area contributed by atoms with E-state index in [0.717, 1.165) is 70.6 Å². The SMILES string of the molecule is CC/C=C\C/C=C\C/C=C\CCCCCCCC(=O)OC(COCCCCCCCCCCCCCCC)COC1OC(CO)C(O)C(O)C1O. The molecule has 0 spiro atoms. The molecule has 0 aliphatic carbocycles. The Morgan fingerprint density at radius 3 is 1.80 bits per heavy atom. The molecule has 1 heterocycles. The van der Waals surface area contributed by atoms with Crippen LogP contribution < -0.4 is 0 Å². The first-order valence-corrected chi connectivity index (χ1v) is 20.6. The van der Waals surface area contributed by atoms with E-state index in [4.69, 9.17) is 18.9 Å². The Bertz CT molecular complexity index is 874. The predicted molar refractivity (Wildman–Crippen MR) is 205 cm³/mol. The summed E-state index contributed by atoms with van der Waals surface area (Å²) in [6.45, 7) is 4.42. The number of hydrogen-bond acceptors (Lipinski definition) is 9. The highest BCUT2D eigenvalue weighted by atomic mass is 16.7. The van der Waals surface area contributed by atoms with E-state index in [-0.39, 0.29) is 19.2 Å². The molecular formula is C42H76O9. The molecule has 1 rings (SSSR count). The molecule has 9 nitrogen and oxygen atoms in total. The van der Waals surface area contributed by atoms with Gasteiger partial charge in [0.1, 0.15) is 30.5 Å². The first-order chi connectivity index (χ1) is 24.9. The fraction of sp³-hybridized carbons (Fsp3) is 0.833. The van der Waals surface area contributed by atoms with Crippen molar-refractivity contribution in [3.63, 3.8) is 0 Å². The van der Waals surface area contributed by atoms with Crippen LogP contribution in [0.3, 0.4) is 0 Å². The molecule has 0 aromatic heterocycles. The van der Waals surface area contributed by atoms with Crippen LogP contribution in [0.15, 0.2) is 36.5 Å². The minimum absolute atomic E-state index is 0.119. The monoisotopic (exact) mass is 725 g/mol. The van der Waals surface area contributed by atoms with Crippen molar-refractivity contribution in [1.82, 2.24) is 0 Å². The summed E-state index contributed by atoms with van der Waals surface area (Å²) < 4.78 is 22.7. The van der Waals surface area contributed by atoms with Gasteiger partial charge in [-0.2, -0.15) is 0 Å². The number of ether oxygens (including phenoxy) is 4. The zero-order chi connectivity index (χ0) is 37.2. The van der Waals surface area contributed by atoms with Crippen molar-refractivity contribution < 1.29 is 44.2 Å². The van der Waals surface area contributed by atoms with E-state index in [0.29, 0.717) is 13.0 Å². The van der Waals surface area contributed by atoms with E-state index in [9.17, 15) is 25.2 Å². The molecule has 0 aromatic rings. The van der Waals surface area contributed by atoms with Gasteiger partial charge in [-0.05, 0) is 44.9 Å². The lowest BCUT2D eigenvalue weighted by molar-refractivity contribution is -0.305. The molecule has 0 radical (unpaired) electrons. The lowest BCUT2D eigenvalue weighted by Gasteiger charge is -2.39. The summed E-state index contributed by atoms with van der Waals surface area (Å²) in [6, 6.07) is 0. The van der Waals surface area contributed by atoms with Gasteiger partial charge in [0.2, 0.25) is 0 Å². The second kappa shape index (κ2) is 34.2. The summed E-state index contributed by atoms with van der Waals surface area (Å²) >= 11 is 0. The third kappa shape index (κ3) is 25.9. The summed E-state index contributed by atoms with van der Waals surface area (Å²) in [5.41, 5.74) is 0. The molecule has 0 saturated carbocycles. The second-order valence-electron chi connectivity index (χ2n) is 14.1. The Labute approximate surface area is 310 Å². The Morgan fingerprint density at radius 1 is 0.647 bits per heavy atom. The highest BCUT2D eigenvalue weighted by molar-refractivity contribution is 5.69. The van der Waals surface area contributed by atoms with E-state index in [1.807, 2.05) is 0 Å². The zero-order valence-electron chi connectivity index (χ0n) is 32.4. The average molecular weight is 725 g/mol. The second-order valence-corrected chi connectivity index (χ2v) is 14.1. The van der Waals surface area contributed by atoms with Crippen LogP contribution in [0, 0.1) is 0 Å². The summed E-state index contributed by atoms with van der Waals surface area (Å²) in [7, 11) is 0. The molecule has 1 aliphatic heterocycles. The quantitative estimate of drug-likeness (QED) is 0.0293. The van der Waals surface area contributed by atoms with Gasteiger partial charge in [-0.1, -0.05) is 147 Å². The van der Waals surface area contributed by atoms with E-state index in [1.54, 1.807) is 0 Å². The summed E-state index contributed by atoms with van der Waals surface area (Å²) in [6.07, 6.45) is 31.6. The third-order valence-corrected chi connectivity index (χ3v) is 9.32. The average Bonchev–Trinajstić information content (AvgIpc) is 3.13. The summed E-state index contributed by atoms with van der Waals surface area (Å²) in [5.74, 6) is -0.330. The van der Waals surface area contributed by atoms with Gasteiger partial charge >= 0.3 is 5.97 Å². The zero-order valence-corrected chi connectivity index (χ0v) is 32.4. The standard InChI is InChI=1S/C42H76O9/c1-3-5-7-9-11-13-15-17-18-19-21-23-25-27-29-31-38(44)50-36(35-49-42-41(47)40(46)39(45)37(33-43)51-42)34-48-32-30-28-26-24-22-20-16-14-12-10-8-6-4-2/h5,7,11,13,17-18,36-37,39-43,45-47H,3-4,6,8-10,12,14-16,19-35H2,1-2H3/b7-5-,13-11-,18-17-. The molecule has 6 atom stereocenters. The number of aliphatic hydroxyl groups excluding tert-OH is 4. The van der Waals surface area contributed by atoms with Gasteiger partial charge in [-0.15, -0.1) is 0 Å². The van der Waals surface area contributed by atoms with Crippen molar-refractivity contribution in [2.24, 2.45) is 0 Å². The van der Waals surface area contributed by atoms with Gasteiger partial charge in [0.05, 0.1) is 19.8 Å². The fourth-order valence-corrected chi connectivity index (χ4v) is 6.09. The maximum atomic E-state index is 12.7. The van der Waals surface area contributed by atoms with Gasteiger partial charge in [0.15, 0.2) is 6.29 Å². The maximum Gasteiger partial charge on any atom is 0.306 e. The van der Waals surface area contributed by atoms with Gasteiger partial charge in [-0.3, -0.25) is 4.79 Å². The predicted octanol–water partition coefficient (Wildman–Crippen LogP) is 8.41. The van der Waals surface area contributed by atoms with Crippen LogP contribution >= 0.6 is 0 Å². The van der Waals surface area contributed by atoms with Crippen molar-refractivity contribution in [2.45, 2.75) is 198 Å². The molecule has 298 valence electrons. The lowest BCUT2D eigenvalue weighted by Crippen LogP contribution is -2.59. The number of carbonyl (C=O) groups excluding carboxylic acids is 1. The van der Waals surface area contributed by atoms with Crippen molar-refractivity contribution in [2.75, 3.05) is 26.4 Å². The topological polar surface area (TPSA) is 135 Å². The highest BCUT2D eigenvalue weighted by Crippen LogP contribution is 2.22. The Kier molecular flexibility index (Phi) is 31.8. The maximum absolute atomic E-state index is 12.7. The van der Waals surface area contributed by atoms with Crippen LogP contribution in [0.4, 0.5) is 0 Å². The van der Waals surface area contributed by atoms with E-state index in [1.165, 1.54) is 70.6 Å². The first kappa shape index (κ1) is 47.4. The van der Waals surface area contributed by atoms with Crippen LogP contribution in [0.2, 0.25) is 0 Å². The minimum atomic E-state index is -1.54. The number of unbranched alkanes of at least 4 members (excludes halogenated alkanes) is 17. The summed E-state index contributed by atoms with van der Waals surface area (Å²) in [4.78, 5) is 12.7. The van der Waals surface area contributed by atoms with Crippen LogP contribution in [-0.4, -0.2) is 89.6 Å². The number of carbonyl (C=O) groups is 1. The molecule has 6 unspecified atom stereocenters. The molecule has 9 heteroatoms. The van der Waals surface area contributed by atoms with E-state index < -0.39 is 43.4 Å². The van der Waals surface area contributed by atoms with Gasteiger partial charge < -0.3 is 39.4 Å². The molecule has 0 amide bonds. The van der Waals surface area contributed by atoms with Crippen molar-refractivity contribution in [3.8, 4) is 0 Å². The van der Waals surface area contributed by atoms with Crippen LogP contribution in [-0.2, 0) is 23.7 Å². The van der Waals surface area contributed by atoms with Crippen LogP contribution in [0.5, 0.6) is 0 Å². The van der Waals surface area contributed by atoms with Crippen molar-refractivity contribution in [1.29, 1.82) is 0 Å². The molecular weight excluding hydrogens is 648 g/mol. The van der Waals surface area contributed by atoms with Crippen LogP contribution in [0.25, 0.3) is 0 Å². The van der Waals surface area contributed by atoms with Gasteiger partial charge in [0.25, 0.3) is 0 Å². The Hall–Kier alpha value is -1.59. The molecule has 4 N–H and O–H groups in total. The number of esters is 1. The van der Waals surface area contributed by atoms with E-state index in [2.05, 4.69) is 50.3 Å². The fourth-order valence-electron chi connectivity index (χ4n) is 6.09. The molecule has 51 heavy (non-hydrogen) atoms. The van der Waals surface area contributed by atoms with Crippen molar-refractivity contribution >= 4 is 5.97 Å². The number of hydrogen-bond donors (Lipinski definition) is 4. The largest absolute Gasteiger partial charge is 0.457 e. The lowest BCUT2D eigenvalue weighted by atomic mass is 9.99. The Morgan fingerprint density at radius 2 is 1.20 bits per heavy atom. The van der Waals surface area contributed by atoms with Crippen molar-refractivity contribution in [3.05, 3.63) is 36.5 Å². The molecule has 1 saturated heterocycles. The number of rotatable bonds is 34. The number of aliphatic hydroxyl groups is 4. The van der Waals surface area contributed by atoms with Gasteiger partial charge in [-0.25, -0.2) is 0 Å². The smallest absolute Gasteiger partial charge is 0.306 e. The number of allylic oxidation sites excluding steroid dienone is 6. The molecule has 0 bridgehead atoms. The molecule has 1 fully saturated rings. The summed E-state index contributed by atoms with van der Waals surface area (Å²) in [5, 5.41) is 40.0. The Balaban J connectivity index is 2.32. The molecule has 1 aliphatic rings.